The van der Waals surface area contributed by atoms with Crippen LogP contribution in [0, 0.1) is 0 Å². The standard InChI is InChI=1S/C20H30N2O4/c1-6-7-17-10-16(11-18(24-4)19(17)25-5)12-21-20(23)22-9-8-14(2)26-15(3)13-22/h6,10-11,14-15H,1,7-9,12-13H2,2-5H3,(H,21,23)/t14-,15+/m1/s1. The van der Waals surface area contributed by atoms with Crippen molar-refractivity contribution in [2.24, 2.45) is 0 Å². The zero-order valence-electron chi connectivity index (χ0n) is 16.2. The predicted molar refractivity (Wildman–Crippen MR) is 102 cm³/mol. The lowest BCUT2D eigenvalue weighted by Gasteiger charge is -2.23. The monoisotopic (exact) mass is 362 g/mol. The number of benzene rings is 1. The minimum atomic E-state index is -0.0744. The predicted octanol–water partition coefficient (Wildman–Crippen LogP) is 3.14. The third-order valence-electron chi connectivity index (χ3n) is 4.46. The van der Waals surface area contributed by atoms with E-state index in [1.165, 1.54) is 0 Å². The first-order chi connectivity index (χ1) is 12.5. The number of carbonyl (C=O) groups is 1. The summed E-state index contributed by atoms with van der Waals surface area (Å²) in [5, 5.41) is 3.00. The highest BCUT2D eigenvalue weighted by Crippen LogP contribution is 2.33. The first kappa shape index (κ1) is 20.1. The number of carbonyl (C=O) groups excluding carboxylic acids is 1. The molecule has 1 fully saturated rings. The first-order valence-electron chi connectivity index (χ1n) is 9.01. The Hall–Kier alpha value is -2.21. The van der Waals surface area contributed by atoms with Gasteiger partial charge in [-0.05, 0) is 44.4 Å². The number of allylic oxidation sites excluding steroid dienone is 1. The number of nitrogens with one attached hydrogen (secondary N) is 1. The highest BCUT2D eigenvalue weighted by atomic mass is 16.5. The van der Waals surface area contributed by atoms with Crippen molar-refractivity contribution in [2.75, 3.05) is 27.3 Å². The van der Waals surface area contributed by atoms with Crippen molar-refractivity contribution in [1.29, 1.82) is 0 Å². The smallest absolute Gasteiger partial charge is 0.317 e. The fourth-order valence-corrected chi connectivity index (χ4v) is 3.24. The topological polar surface area (TPSA) is 60.0 Å². The van der Waals surface area contributed by atoms with Crippen molar-refractivity contribution in [1.82, 2.24) is 10.2 Å². The van der Waals surface area contributed by atoms with Gasteiger partial charge in [0.05, 0.1) is 26.4 Å². The van der Waals surface area contributed by atoms with Gasteiger partial charge in [-0.2, -0.15) is 0 Å². The quantitative estimate of drug-likeness (QED) is 0.790. The second-order valence-electron chi connectivity index (χ2n) is 6.63. The number of methoxy groups -OCH3 is 2. The molecule has 6 nitrogen and oxygen atoms in total. The lowest BCUT2D eigenvalue weighted by molar-refractivity contribution is 0.0160. The van der Waals surface area contributed by atoms with Crippen LogP contribution in [0.2, 0.25) is 0 Å². The molecule has 1 aliphatic heterocycles. The molecule has 2 rings (SSSR count). The Labute approximate surface area is 156 Å². The zero-order chi connectivity index (χ0) is 19.1. The third kappa shape index (κ3) is 5.14. The van der Waals surface area contributed by atoms with Crippen LogP contribution in [-0.2, 0) is 17.7 Å². The summed E-state index contributed by atoms with van der Waals surface area (Å²) >= 11 is 0. The molecule has 1 N–H and O–H groups in total. The number of rotatable bonds is 6. The normalized spacial score (nSPS) is 20.2. The van der Waals surface area contributed by atoms with E-state index in [1.807, 2.05) is 37.0 Å². The van der Waals surface area contributed by atoms with Gasteiger partial charge in [0.25, 0.3) is 0 Å². The Morgan fingerprint density at radius 3 is 2.77 bits per heavy atom. The van der Waals surface area contributed by atoms with Gasteiger partial charge < -0.3 is 24.4 Å². The third-order valence-corrected chi connectivity index (χ3v) is 4.46. The molecule has 0 aliphatic carbocycles. The molecular formula is C20H30N2O4. The van der Waals surface area contributed by atoms with Gasteiger partial charge in [-0.1, -0.05) is 6.08 Å². The Morgan fingerprint density at radius 2 is 2.12 bits per heavy atom. The molecule has 1 aromatic rings. The SMILES string of the molecule is C=CCc1cc(CNC(=O)N2CC[C@@H](C)O[C@@H](C)C2)cc(OC)c1OC. The molecular weight excluding hydrogens is 332 g/mol. The zero-order valence-corrected chi connectivity index (χ0v) is 16.2. The summed E-state index contributed by atoms with van der Waals surface area (Å²) in [7, 11) is 3.23. The Kier molecular flexibility index (Phi) is 7.33. The van der Waals surface area contributed by atoms with Gasteiger partial charge in [-0.15, -0.1) is 6.58 Å². The minimum absolute atomic E-state index is 0.0403. The molecule has 6 heteroatoms. The molecule has 1 aliphatic rings. The van der Waals surface area contributed by atoms with Gasteiger partial charge in [0, 0.05) is 25.2 Å². The Morgan fingerprint density at radius 1 is 1.35 bits per heavy atom. The second-order valence-corrected chi connectivity index (χ2v) is 6.63. The maximum atomic E-state index is 12.6. The molecule has 0 unspecified atom stereocenters. The molecule has 0 radical (unpaired) electrons. The summed E-state index contributed by atoms with van der Waals surface area (Å²) in [6, 6.07) is 3.83. The highest BCUT2D eigenvalue weighted by molar-refractivity contribution is 5.74. The van der Waals surface area contributed by atoms with Crippen LogP contribution in [-0.4, -0.2) is 50.4 Å². The fraction of sp³-hybridized carbons (Fsp3) is 0.550. The summed E-state index contributed by atoms with van der Waals surface area (Å²) < 4.78 is 16.7. The van der Waals surface area contributed by atoms with E-state index in [9.17, 15) is 4.79 Å². The van der Waals surface area contributed by atoms with E-state index in [1.54, 1.807) is 14.2 Å². The van der Waals surface area contributed by atoms with E-state index in [2.05, 4.69) is 11.9 Å². The van der Waals surface area contributed by atoms with E-state index < -0.39 is 0 Å². The second kappa shape index (κ2) is 9.48. The van der Waals surface area contributed by atoms with Gasteiger partial charge in [-0.25, -0.2) is 4.79 Å². The summed E-state index contributed by atoms with van der Waals surface area (Å²) in [5.41, 5.74) is 1.94. The Balaban J connectivity index is 2.07. The number of amides is 2. The summed E-state index contributed by atoms with van der Waals surface area (Å²) in [6.45, 7) is 9.55. The van der Waals surface area contributed by atoms with E-state index in [-0.39, 0.29) is 18.2 Å². The van der Waals surface area contributed by atoms with Gasteiger partial charge >= 0.3 is 6.03 Å². The van der Waals surface area contributed by atoms with Crippen LogP contribution in [0.5, 0.6) is 11.5 Å². The lowest BCUT2D eigenvalue weighted by Crippen LogP contribution is -2.42. The molecule has 0 saturated carbocycles. The molecule has 1 heterocycles. The van der Waals surface area contributed by atoms with Crippen LogP contribution in [0.15, 0.2) is 24.8 Å². The average Bonchev–Trinajstić information content (AvgIpc) is 2.79. The highest BCUT2D eigenvalue weighted by Gasteiger charge is 2.23. The molecule has 0 bridgehead atoms. The Bertz CT molecular complexity index is 632. The molecule has 26 heavy (non-hydrogen) atoms. The molecule has 0 aromatic heterocycles. The number of ether oxygens (including phenoxy) is 3. The number of hydrogen-bond donors (Lipinski definition) is 1. The van der Waals surface area contributed by atoms with E-state index in [0.717, 1.165) is 17.5 Å². The van der Waals surface area contributed by atoms with Gasteiger partial charge in [0.1, 0.15) is 0 Å². The van der Waals surface area contributed by atoms with Crippen LogP contribution in [0.1, 0.15) is 31.4 Å². The minimum Gasteiger partial charge on any atom is -0.493 e. The maximum absolute atomic E-state index is 12.6. The van der Waals surface area contributed by atoms with E-state index in [0.29, 0.717) is 37.6 Å². The van der Waals surface area contributed by atoms with Crippen LogP contribution in [0.3, 0.4) is 0 Å². The van der Waals surface area contributed by atoms with Crippen molar-refractivity contribution < 1.29 is 19.0 Å². The van der Waals surface area contributed by atoms with E-state index in [4.69, 9.17) is 14.2 Å². The van der Waals surface area contributed by atoms with Crippen molar-refractivity contribution in [2.45, 2.75) is 45.4 Å². The number of nitrogens with zero attached hydrogens (tertiary/aromatic N) is 1. The lowest BCUT2D eigenvalue weighted by atomic mass is 10.1. The number of hydrogen-bond acceptors (Lipinski definition) is 4. The fourth-order valence-electron chi connectivity index (χ4n) is 3.24. The first-order valence-corrected chi connectivity index (χ1v) is 9.01. The summed E-state index contributed by atoms with van der Waals surface area (Å²) in [6.07, 6.45) is 3.55. The molecule has 0 spiro atoms. The summed E-state index contributed by atoms with van der Waals surface area (Å²) in [4.78, 5) is 14.4. The van der Waals surface area contributed by atoms with Gasteiger partial charge in [-0.3, -0.25) is 0 Å². The van der Waals surface area contributed by atoms with Crippen LogP contribution in [0.25, 0.3) is 0 Å². The molecule has 144 valence electrons. The molecule has 2 amide bonds. The van der Waals surface area contributed by atoms with Crippen LogP contribution < -0.4 is 14.8 Å². The van der Waals surface area contributed by atoms with Gasteiger partial charge in [0.15, 0.2) is 11.5 Å². The molecule has 1 saturated heterocycles. The number of urea groups is 1. The van der Waals surface area contributed by atoms with Gasteiger partial charge in [0.2, 0.25) is 0 Å². The maximum Gasteiger partial charge on any atom is 0.317 e. The van der Waals surface area contributed by atoms with Crippen LogP contribution in [0.4, 0.5) is 4.79 Å². The van der Waals surface area contributed by atoms with E-state index >= 15 is 0 Å². The van der Waals surface area contributed by atoms with Crippen molar-refractivity contribution in [3.8, 4) is 11.5 Å². The average molecular weight is 362 g/mol. The van der Waals surface area contributed by atoms with Crippen molar-refractivity contribution in [3.05, 3.63) is 35.9 Å². The largest absolute Gasteiger partial charge is 0.493 e. The molecule has 2 atom stereocenters. The summed E-state index contributed by atoms with van der Waals surface area (Å²) in [5.74, 6) is 1.36. The van der Waals surface area contributed by atoms with Crippen molar-refractivity contribution >= 4 is 6.03 Å². The van der Waals surface area contributed by atoms with Crippen LogP contribution >= 0.6 is 0 Å². The van der Waals surface area contributed by atoms with Crippen molar-refractivity contribution in [3.63, 3.8) is 0 Å². The molecule has 1 aromatic carbocycles.